The summed E-state index contributed by atoms with van der Waals surface area (Å²) in [5.41, 5.74) is 9.10. The molecular weight excluding hydrogens is 340 g/mol. The van der Waals surface area contributed by atoms with E-state index in [4.69, 9.17) is 0 Å². The lowest BCUT2D eigenvalue weighted by Gasteiger charge is -2.21. The quantitative estimate of drug-likeness (QED) is 0.334. The van der Waals surface area contributed by atoms with Crippen LogP contribution in [0.15, 0.2) is 85.2 Å². The Bertz CT molecular complexity index is 1370. The van der Waals surface area contributed by atoms with Crippen LogP contribution >= 0.6 is 0 Å². The lowest BCUT2D eigenvalue weighted by atomic mass is 9.82. The lowest BCUT2D eigenvalue weighted by molar-refractivity contribution is 0.661. The van der Waals surface area contributed by atoms with Gasteiger partial charge in [0.2, 0.25) is 0 Å². The predicted octanol–water partition coefficient (Wildman–Crippen LogP) is 6.49. The highest BCUT2D eigenvalue weighted by Gasteiger charge is 2.36. The number of aromatic nitrogens is 2. The van der Waals surface area contributed by atoms with Crippen molar-refractivity contribution in [3.05, 3.63) is 96.3 Å². The average molecular weight is 360 g/mol. The molecule has 0 fully saturated rings. The molecule has 0 saturated carbocycles. The number of hydrogen-bond acceptors (Lipinski definition) is 1. The molecule has 6 rings (SSSR count). The third-order valence-corrected chi connectivity index (χ3v) is 6.28. The highest BCUT2D eigenvalue weighted by Crippen LogP contribution is 2.50. The van der Waals surface area contributed by atoms with E-state index in [1.165, 1.54) is 44.1 Å². The molecule has 28 heavy (non-hydrogen) atoms. The van der Waals surface area contributed by atoms with Gasteiger partial charge in [0.15, 0.2) is 0 Å². The van der Waals surface area contributed by atoms with Crippen molar-refractivity contribution in [3.63, 3.8) is 0 Å². The Hall–Kier alpha value is -3.39. The van der Waals surface area contributed by atoms with Gasteiger partial charge in [-0.3, -0.25) is 4.98 Å². The van der Waals surface area contributed by atoms with Gasteiger partial charge in [0, 0.05) is 22.4 Å². The number of hydrogen-bond donors (Lipinski definition) is 0. The fourth-order valence-electron chi connectivity index (χ4n) is 4.93. The molecule has 2 nitrogen and oxygen atoms in total. The van der Waals surface area contributed by atoms with Crippen LogP contribution in [0.1, 0.15) is 25.0 Å². The fraction of sp³-hybridized carbons (Fsp3) is 0.115. The van der Waals surface area contributed by atoms with Crippen LogP contribution in [-0.4, -0.2) is 9.55 Å². The van der Waals surface area contributed by atoms with E-state index in [-0.39, 0.29) is 5.41 Å². The average Bonchev–Trinajstić information content (AvgIpc) is 3.17. The fourth-order valence-corrected chi connectivity index (χ4v) is 4.93. The smallest absolute Gasteiger partial charge is 0.0645 e. The highest BCUT2D eigenvalue weighted by molar-refractivity contribution is 6.11. The van der Waals surface area contributed by atoms with E-state index >= 15 is 0 Å². The van der Waals surface area contributed by atoms with Crippen LogP contribution in [0, 0.1) is 0 Å². The van der Waals surface area contributed by atoms with E-state index < -0.39 is 0 Å². The van der Waals surface area contributed by atoms with E-state index in [1.54, 1.807) is 0 Å². The molecule has 1 aliphatic carbocycles. The molecule has 0 spiro atoms. The van der Waals surface area contributed by atoms with Gasteiger partial charge in [-0.15, -0.1) is 0 Å². The van der Waals surface area contributed by atoms with Crippen molar-refractivity contribution >= 4 is 21.8 Å². The van der Waals surface area contributed by atoms with Gasteiger partial charge < -0.3 is 4.57 Å². The molecule has 0 aliphatic heterocycles. The van der Waals surface area contributed by atoms with Gasteiger partial charge in [-0.25, -0.2) is 0 Å². The molecule has 3 aromatic carbocycles. The highest BCUT2D eigenvalue weighted by atomic mass is 15.0. The molecule has 0 atom stereocenters. The first-order valence-electron chi connectivity index (χ1n) is 9.74. The van der Waals surface area contributed by atoms with E-state index in [0.29, 0.717) is 0 Å². The first kappa shape index (κ1) is 15.6. The number of para-hydroxylation sites is 1. The molecule has 2 heteroatoms. The van der Waals surface area contributed by atoms with Gasteiger partial charge in [-0.05, 0) is 52.6 Å². The summed E-state index contributed by atoms with van der Waals surface area (Å²) in [5.74, 6) is 0. The molecular formula is C26H20N2. The van der Waals surface area contributed by atoms with Crippen molar-refractivity contribution in [2.24, 2.45) is 0 Å². The van der Waals surface area contributed by atoms with Gasteiger partial charge in [-0.1, -0.05) is 56.3 Å². The minimum Gasteiger partial charge on any atom is -0.308 e. The Morgan fingerprint density at radius 1 is 0.714 bits per heavy atom. The summed E-state index contributed by atoms with van der Waals surface area (Å²) >= 11 is 0. The first-order chi connectivity index (χ1) is 13.7. The molecule has 2 aromatic heterocycles. The topological polar surface area (TPSA) is 17.8 Å². The molecule has 0 N–H and O–H groups in total. The summed E-state index contributed by atoms with van der Waals surface area (Å²) in [6.07, 6.45) is 3.77. The van der Waals surface area contributed by atoms with Crippen LogP contribution in [-0.2, 0) is 5.41 Å². The zero-order valence-electron chi connectivity index (χ0n) is 16.0. The molecule has 1 aliphatic rings. The molecule has 0 amide bonds. The van der Waals surface area contributed by atoms with Crippen molar-refractivity contribution in [3.8, 4) is 16.8 Å². The standard InChI is InChI=1S/C26H20N2/c1-26(2)22-11-5-3-9-18(22)20-14-21-19-10-4-6-12-24(19)28(25(21)15-23(20)26)17-8-7-13-27-16-17/h3-16H,1-2H3. The first-order valence-corrected chi connectivity index (χ1v) is 9.74. The Balaban J connectivity index is 1.79. The van der Waals surface area contributed by atoms with Gasteiger partial charge >= 0.3 is 0 Å². The lowest BCUT2D eigenvalue weighted by Crippen LogP contribution is -2.14. The molecule has 0 bridgehead atoms. The predicted molar refractivity (Wildman–Crippen MR) is 116 cm³/mol. The van der Waals surface area contributed by atoms with E-state index in [9.17, 15) is 0 Å². The summed E-state index contributed by atoms with van der Waals surface area (Å²) in [5, 5.41) is 2.58. The second-order valence-electron chi connectivity index (χ2n) is 8.15. The minimum atomic E-state index is -0.00363. The number of benzene rings is 3. The van der Waals surface area contributed by atoms with Crippen molar-refractivity contribution < 1.29 is 0 Å². The third-order valence-electron chi connectivity index (χ3n) is 6.28. The summed E-state index contributed by atoms with van der Waals surface area (Å²) in [6.45, 7) is 4.67. The van der Waals surface area contributed by atoms with Crippen molar-refractivity contribution in [2.45, 2.75) is 19.3 Å². The second-order valence-corrected chi connectivity index (χ2v) is 8.15. The summed E-state index contributed by atoms with van der Waals surface area (Å²) in [7, 11) is 0. The van der Waals surface area contributed by atoms with Crippen molar-refractivity contribution in [1.29, 1.82) is 0 Å². The maximum Gasteiger partial charge on any atom is 0.0645 e. The van der Waals surface area contributed by atoms with Crippen LogP contribution in [0.2, 0.25) is 0 Å². The number of rotatable bonds is 1. The van der Waals surface area contributed by atoms with Crippen LogP contribution in [0.5, 0.6) is 0 Å². The van der Waals surface area contributed by atoms with Crippen LogP contribution in [0.3, 0.4) is 0 Å². The summed E-state index contributed by atoms with van der Waals surface area (Å²) < 4.78 is 2.34. The van der Waals surface area contributed by atoms with Gasteiger partial charge in [-0.2, -0.15) is 0 Å². The number of fused-ring (bicyclic) bond motifs is 6. The normalized spacial score (nSPS) is 14.4. The maximum atomic E-state index is 4.37. The van der Waals surface area contributed by atoms with Crippen molar-refractivity contribution in [1.82, 2.24) is 9.55 Å². The van der Waals surface area contributed by atoms with Crippen molar-refractivity contribution in [2.75, 3.05) is 0 Å². The molecule has 0 radical (unpaired) electrons. The Labute approximate surface area is 164 Å². The largest absolute Gasteiger partial charge is 0.308 e. The van der Waals surface area contributed by atoms with Gasteiger partial charge in [0.05, 0.1) is 22.9 Å². The summed E-state index contributed by atoms with van der Waals surface area (Å²) in [4.78, 5) is 4.37. The molecule has 5 aromatic rings. The Morgan fingerprint density at radius 3 is 2.39 bits per heavy atom. The number of nitrogens with zero attached hydrogens (tertiary/aromatic N) is 2. The monoisotopic (exact) mass is 360 g/mol. The number of pyridine rings is 1. The van der Waals surface area contributed by atoms with Crippen LogP contribution < -0.4 is 0 Å². The SMILES string of the molecule is CC1(C)c2ccccc2-c2cc3c4ccccc4n(-c4cccnc4)c3cc21. The summed E-state index contributed by atoms with van der Waals surface area (Å²) in [6, 6.07) is 26.4. The minimum absolute atomic E-state index is 0.00363. The zero-order chi connectivity index (χ0) is 18.9. The molecule has 0 saturated heterocycles. The molecule has 0 unspecified atom stereocenters. The van der Waals surface area contributed by atoms with E-state index in [0.717, 1.165) is 5.69 Å². The van der Waals surface area contributed by atoms with Gasteiger partial charge in [0.1, 0.15) is 0 Å². The Kier molecular flexibility index (Phi) is 2.98. The third kappa shape index (κ3) is 1.90. The molecule has 2 heterocycles. The zero-order valence-corrected chi connectivity index (χ0v) is 16.0. The Morgan fingerprint density at radius 2 is 1.54 bits per heavy atom. The van der Waals surface area contributed by atoms with Crippen LogP contribution in [0.4, 0.5) is 0 Å². The van der Waals surface area contributed by atoms with Crippen LogP contribution in [0.25, 0.3) is 38.6 Å². The van der Waals surface area contributed by atoms with E-state index in [1.807, 2.05) is 18.5 Å². The van der Waals surface area contributed by atoms with Gasteiger partial charge in [0.25, 0.3) is 0 Å². The second kappa shape index (κ2) is 5.32. The maximum absolute atomic E-state index is 4.37. The van der Waals surface area contributed by atoms with E-state index in [2.05, 4.69) is 90.1 Å². The molecule has 134 valence electrons.